The van der Waals surface area contributed by atoms with Crippen molar-refractivity contribution in [2.45, 2.75) is 18.5 Å². The molecular formula is C20H20ClN3O3. The van der Waals surface area contributed by atoms with Crippen LogP contribution in [0.4, 0.5) is 5.69 Å². The first-order valence-electron chi connectivity index (χ1n) is 8.84. The summed E-state index contributed by atoms with van der Waals surface area (Å²) in [5, 5.41) is 7.00. The second-order valence-corrected chi connectivity index (χ2v) is 7.25. The number of hydrogen-bond donors (Lipinski definition) is 2. The van der Waals surface area contributed by atoms with Gasteiger partial charge in [-0.2, -0.15) is 0 Å². The van der Waals surface area contributed by atoms with Crippen LogP contribution < -0.4 is 15.4 Å². The van der Waals surface area contributed by atoms with Gasteiger partial charge in [0.1, 0.15) is 11.4 Å². The molecule has 6 nitrogen and oxygen atoms in total. The lowest BCUT2D eigenvalue weighted by atomic mass is 9.92. The number of carbonyl (C=O) groups is 2. The number of amides is 2. The zero-order chi connectivity index (χ0) is 19.0. The van der Waals surface area contributed by atoms with Crippen LogP contribution in [-0.4, -0.2) is 42.6 Å². The maximum Gasteiger partial charge on any atom is 0.255 e. The van der Waals surface area contributed by atoms with Gasteiger partial charge in [0, 0.05) is 31.5 Å². The third-order valence-corrected chi connectivity index (χ3v) is 5.51. The first-order valence-corrected chi connectivity index (χ1v) is 9.22. The van der Waals surface area contributed by atoms with E-state index in [1.165, 1.54) is 0 Å². The Hall–Kier alpha value is -2.73. The number of piperidine rings is 1. The van der Waals surface area contributed by atoms with E-state index in [9.17, 15) is 9.59 Å². The molecule has 2 aliphatic heterocycles. The lowest BCUT2D eigenvalue weighted by Crippen LogP contribution is -2.62. The molecule has 2 heterocycles. The van der Waals surface area contributed by atoms with E-state index in [0.717, 1.165) is 0 Å². The number of benzene rings is 2. The van der Waals surface area contributed by atoms with E-state index in [-0.39, 0.29) is 11.8 Å². The third kappa shape index (κ3) is 3.21. The Morgan fingerprint density at radius 2 is 1.89 bits per heavy atom. The van der Waals surface area contributed by atoms with Crippen LogP contribution in [0.1, 0.15) is 33.6 Å². The maximum absolute atomic E-state index is 12.8. The van der Waals surface area contributed by atoms with Crippen molar-refractivity contribution in [2.75, 3.05) is 25.5 Å². The normalized spacial score (nSPS) is 17.7. The predicted octanol–water partition coefficient (Wildman–Crippen LogP) is 3.14. The molecule has 2 aromatic rings. The minimum atomic E-state index is -0.583. The van der Waals surface area contributed by atoms with Crippen molar-refractivity contribution in [3.8, 4) is 5.75 Å². The number of anilines is 1. The van der Waals surface area contributed by atoms with Crippen LogP contribution in [-0.2, 0) is 0 Å². The maximum atomic E-state index is 12.8. The molecule has 2 amide bonds. The van der Waals surface area contributed by atoms with Gasteiger partial charge < -0.3 is 20.3 Å². The monoisotopic (exact) mass is 385 g/mol. The molecule has 4 rings (SSSR count). The van der Waals surface area contributed by atoms with Crippen LogP contribution in [0.25, 0.3) is 0 Å². The Balaban J connectivity index is 1.50. The highest BCUT2D eigenvalue weighted by Crippen LogP contribution is 2.36. The minimum absolute atomic E-state index is 0.0377. The molecule has 1 spiro atoms. The SMILES string of the molecule is COc1cccc(C(=O)N2CCC3(CC2)NC(=O)c2cccc(Cl)c2N3)c1. The molecule has 0 atom stereocenters. The largest absolute Gasteiger partial charge is 0.497 e. The standard InChI is InChI=1S/C20H20ClN3O3/c1-27-14-5-2-4-13(12-14)19(26)24-10-8-20(9-11-24)22-17-15(18(25)23-20)6-3-7-16(17)21/h2-7,12,22H,8-11H2,1H3,(H,23,25). The number of likely N-dealkylation sites (tertiary alicyclic amines) is 1. The average molecular weight is 386 g/mol. The topological polar surface area (TPSA) is 70.7 Å². The Kier molecular flexibility index (Phi) is 4.44. The summed E-state index contributed by atoms with van der Waals surface area (Å²) in [6, 6.07) is 12.4. The van der Waals surface area contributed by atoms with Crippen molar-refractivity contribution in [3.05, 3.63) is 58.6 Å². The van der Waals surface area contributed by atoms with E-state index in [0.29, 0.717) is 53.5 Å². The van der Waals surface area contributed by atoms with Crippen molar-refractivity contribution in [1.82, 2.24) is 10.2 Å². The summed E-state index contributed by atoms with van der Waals surface area (Å²) in [4.78, 5) is 27.1. The van der Waals surface area contributed by atoms with E-state index in [1.807, 2.05) is 6.07 Å². The van der Waals surface area contributed by atoms with E-state index in [4.69, 9.17) is 16.3 Å². The number of halogens is 1. The quantitative estimate of drug-likeness (QED) is 0.833. The number of rotatable bonds is 2. The Morgan fingerprint density at radius 3 is 2.63 bits per heavy atom. The lowest BCUT2D eigenvalue weighted by Gasteiger charge is -2.46. The lowest BCUT2D eigenvalue weighted by molar-refractivity contribution is 0.0639. The number of methoxy groups -OCH3 is 1. The zero-order valence-corrected chi connectivity index (χ0v) is 15.7. The molecule has 2 aliphatic rings. The molecule has 0 radical (unpaired) electrons. The fraction of sp³-hybridized carbons (Fsp3) is 0.300. The van der Waals surface area contributed by atoms with Crippen molar-refractivity contribution in [3.63, 3.8) is 0 Å². The number of carbonyl (C=O) groups excluding carboxylic acids is 2. The van der Waals surface area contributed by atoms with Crippen LogP contribution in [0.2, 0.25) is 5.02 Å². The van der Waals surface area contributed by atoms with Gasteiger partial charge in [-0.1, -0.05) is 23.7 Å². The number of nitrogens with zero attached hydrogens (tertiary/aromatic N) is 1. The van der Waals surface area contributed by atoms with Crippen LogP contribution in [0, 0.1) is 0 Å². The molecule has 27 heavy (non-hydrogen) atoms. The van der Waals surface area contributed by atoms with Crippen molar-refractivity contribution < 1.29 is 14.3 Å². The first-order chi connectivity index (χ1) is 13.0. The number of hydrogen-bond acceptors (Lipinski definition) is 4. The van der Waals surface area contributed by atoms with Crippen molar-refractivity contribution >= 4 is 29.1 Å². The van der Waals surface area contributed by atoms with Gasteiger partial charge in [-0.3, -0.25) is 9.59 Å². The molecule has 140 valence electrons. The second-order valence-electron chi connectivity index (χ2n) is 6.85. The van der Waals surface area contributed by atoms with Gasteiger partial charge in [0.25, 0.3) is 11.8 Å². The summed E-state index contributed by atoms with van der Waals surface area (Å²) in [6.45, 7) is 1.06. The van der Waals surface area contributed by atoms with Gasteiger partial charge in [0.15, 0.2) is 0 Å². The van der Waals surface area contributed by atoms with Gasteiger partial charge in [-0.05, 0) is 30.3 Å². The van der Waals surface area contributed by atoms with E-state index >= 15 is 0 Å². The summed E-state index contributed by atoms with van der Waals surface area (Å²) in [7, 11) is 1.58. The van der Waals surface area contributed by atoms with Gasteiger partial charge in [-0.25, -0.2) is 0 Å². The summed E-state index contributed by atoms with van der Waals surface area (Å²) in [5.74, 6) is 0.477. The summed E-state index contributed by atoms with van der Waals surface area (Å²) >= 11 is 6.28. The molecule has 0 bridgehead atoms. The number of para-hydroxylation sites is 1. The number of nitrogens with one attached hydrogen (secondary N) is 2. The highest BCUT2D eigenvalue weighted by molar-refractivity contribution is 6.34. The highest BCUT2D eigenvalue weighted by atomic mass is 35.5. The molecule has 0 unspecified atom stereocenters. The second kappa shape index (κ2) is 6.78. The van der Waals surface area contributed by atoms with Crippen molar-refractivity contribution in [1.29, 1.82) is 0 Å². The molecule has 2 N–H and O–H groups in total. The fourth-order valence-corrected chi connectivity index (χ4v) is 3.90. The zero-order valence-electron chi connectivity index (χ0n) is 14.9. The molecule has 2 aromatic carbocycles. The first kappa shape index (κ1) is 17.7. The van der Waals surface area contributed by atoms with Crippen molar-refractivity contribution in [2.24, 2.45) is 0 Å². The van der Waals surface area contributed by atoms with E-state index in [1.54, 1.807) is 48.4 Å². The molecule has 0 aliphatic carbocycles. The van der Waals surface area contributed by atoms with Crippen LogP contribution in [0.3, 0.4) is 0 Å². The van der Waals surface area contributed by atoms with Gasteiger partial charge in [0.2, 0.25) is 0 Å². The average Bonchev–Trinajstić information content (AvgIpc) is 2.69. The van der Waals surface area contributed by atoms with Gasteiger partial charge in [0.05, 0.1) is 23.4 Å². The summed E-state index contributed by atoms with van der Waals surface area (Å²) in [5.41, 5.74) is 1.22. The van der Waals surface area contributed by atoms with Crippen LogP contribution in [0.15, 0.2) is 42.5 Å². The van der Waals surface area contributed by atoms with Crippen LogP contribution in [0.5, 0.6) is 5.75 Å². The van der Waals surface area contributed by atoms with Crippen LogP contribution >= 0.6 is 11.6 Å². The minimum Gasteiger partial charge on any atom is -0.497 e. The van der Waals surface area contributed by atoms with Gasteiger partial charge in [-0.15, -0.1) is 0 Å². The molecule has 1 saturated heterocycles. The number of ether oxygens (including phenoxy) is 1. The smallest absolute Gasteiger partial charge is 0.255 e. The fourth-order valence-electron chi connectivity index (χ4n) is 3.68. The third-order valence-electron chi connectivity index (χ3n) is 5.20. The molecule has 0 saturated carbocycles. The highest BCUT2D eigenvalue weighted by Gasteiger charge is 2.41. The molecule has 7 heteroatoms. The Labute approximate surface area is 162 Å². The summed E-state index contributed by atoms with van der Waals surface area (Å²) < 4.78 is 5.20. The predicted molar refractivity (Wildman–Crippen MR) is 103 cm³/mol. The number of fused-ring (bicyclic) bond motifs is 1. The van der Waals surface area contributed by atoms with Gasteiger partial charge >= 0.3 is 0 Å². The Morgan fingerprint density at radius 1 is 1.15 bits per heavy atom. The van der Waals surface area contributed by atoms with E-state index in [2.05, 4.69) is 10.6 Å². The molecule has 1 fully saturated rings. The Bertz CT molecular complexity index is 907. The molecular weight excluding hydrogens is 366 g/mol. The summed E-state index contributed by atoms with van der Waals surface area (Å²) in [6.07, 6.45) is 1.19. The molecule has 0 aromatic heterocycles. The van der Waals surface area contributed by atoms with E-state index < -0.39 is 5.66 Å².